The number of aliphatic hydroxyl groups is 1. The maximum absolute atomic E-state index is 12.9. The van der Waals surface area contributed by atoms with Gasteiger partial charge in [0.25, 0.3) is 0 Å². The second-order valence-corrected chi connectivity index (χ2v) is 7.50. The Kier molecular flexibility index (Phi) is 8.45. The molecule has 8 heteroatoms. The van der Waals surface area contributed by atoms with Crippen LogP contribution in [0, 0.1) is 0 Å². The lowest BCUT2D eigenvalue weighted by molar-refractivity contribution is -0.132. The fraction of sp³-hybridized carbons (Fsp3) is 0.238. The molecule has 1 heterocycles. The molecule has 2 aromatic carbocycles. The van der Waals surface area contributed by atoms with Crippen molar-refractivity contribution >= 4 is 40.5 Å². The van der Waals surface area contributed by atoms with E-state index < -0.39 is 6.10 Å². The van der Waals surface area contributed by atoms with Crippen LogP contribution in [0.3, 0.4) is 0 Å². The summed E-state index contributed by atoms with van der Waals surface area (Å²) in [5.41, 5.74) is 14.6. The molecule has 0 unspecified atom stereocenters. The molecule has 0 bridgehead atoms. The second-order valence-electron chi connectivity index (χ2n) is 6.61. The lowest BCUT2D eigenvalue weighted by Crippen LogP contribution is -2.37. The molecular formula is C21H25ClN4O2S. The summed E-state index contributed by atoms with van der Waals surface area (Å²) in [6.07, 6.45) is 0.0843. The quantitative estimate of drug-likeness (QED) is 0.474. The van der Waals surface area contributed by atoms with Crippen LogP contribution in [0.25, 0.3) is 0 Å². The van der Waals surface area contributed by atoms with E-state index in [4.69, 9.17) is 11.5 Å². The van der Waals surface area contributed by atoms with E-state index >= 15 is 0 Å². The number of carbonyl (C=O) groups is 1. The SMILES string of the molecule is Cl.Nc1ccc(CCN(C[C@H](O)c2ccccc2)C(=O)Cc2csc(N)n2)cc1. The summed E-state index contributed by atoms with van der Waals surface area (Å²) in [7, 11) is 0. The minimum absolute atomic E-state index is 0. The molecule has 1 aromatic heterocycles. The van der Waals surface area contributed by atoms with Gasteiger partial charge in [0.1, 0.15) is 0 Å². The molecule has 154 valence electrons. The third-order valence-electron chi connectivity index (χ3n) is 4.48. The van der Waals surface area contributed by atoms with Crippen LogP contribution in [0.4, 0.5) is 10.8 Å². The van der Waals surface area contributed by atoms with Gasteiger partial charge < -0.3 is 21.5 Å². The number of amides is 1. The van der Waals surface area contributed by atoms with E-state index in [2.05, 4.69) is 4.98 Å². The van der Waals surface area contributed by atoms with Gasteiger partial charge in [0.2, 0.25) is 5.91 Å². The Labute approximate surface area is 180 Å². The Bertz CT molecular complexity index is 903. The molecule has 0 aliphatic carbocycles. The van der Waals surface area contributed by atoms with Gasteiger partial charge in [-0.2, -0.15) is 0 Å². The number of aromatic nitrogens is 1. The average molecular weight is 433 g/mol. The number of thiazole rings is 1. The molecule has 0 saturated carbocycles. The fourth-order valence-corrected chi connectivity index (χ4v) is 3.49. The highest BCUT2D eigenvalue weighted by molar-refractivity contribution is 7.13. The molecule has 0 saturated heterocycles. The number of nitrogen functional groups attached to an aromatic ring is 2. The van der Waals surface area contributed by atoms with Crippen molar-refractivity contribution in [3.8, 4) is 0 Å². The van der Waals surface area contributed by atoms with Crippen LogP contribution < -0.4 is 11.5 Å². The van der Waals surface area contributed by atoms with E-state index in [9.17, 15) is 9.90 Å². The van der Waals surface area contributed by atoms with Crippen molar-refractivity contribution < 1.29 is 9.90 Å². The molecule has 29 heavy (non-hydrogen) atoms. The van der Waals surface area contributed by atoms with Crippen LogP contribution in [0.5, 0.6) is 0 Å². The first-order valence-corrected chi connectivity index (χ1v) is 9.94. The lowest BCUT2D eigenvalue weighted by atomic mass is 10.1. The summed E-state index contributed by atoms with van der Waals surface area (Å²) in [6, 6.07) is 16.9. The Hall–Kier alpha value is -2.61. The van der Waals surface area contributed by atoms with Crippen molar-refractivity contribution in [3.63, 3.8) is 0 Å². The number of hydrogen-bond acceptors (Lipinski definition) is 6. The maximum atomic E-state index is 12.9. The number of nitrogens with zero attached hydrogens (tertiary/aromatic N) is 2. The highest BCUT2D eigenvalue weighted by Gasteiger charge is 2.20. The number of rotatable bonds is 8. The van der Waals surface area contributed by atoms with Gasteiger partial charge in [-0.3, -0.25) is 4.79 Å². The molecule has 3 aromatic rings. The zero-order chi connectivity index (χ0) is 19.9. The van der Waals surface area contributed by atoms with Crippen molar-refractivity contribution in [3.05, 3.63) is 76.8 Å². The fourth-order valence-electron chi connectivity index (χ4n) is 2.93. The summed E-state index contributed by atoms with van der Waals surface area (Å²) in [5.74, 6) is -0.0873. The zero-order valence-corrected chi connectivity index (χ0v) is 17.5. The smallest absolute Gasteiger partial charge is 0.228 e. The first-order valence-electron chi connectivity index (χ1n) is 9.06. The van der Waals surface area contributed by atoms with Crippen LogP contribution in [0.15, 0.2) is 60.0 Å². The predicted molar refractivity (Wildman–Crippen MR) is 120 cm³/mol. The minimum Gasteiger partial charge on any atom is -0.399 e. The van der Waals surface area contributed by atoms with Crippen LogP contribution in [0.1, 0.15) is 22.9 Å². The Morgan fingerprint density at radius 1 is 1.10 bits per heavy atom. The number of nitrogens with two attached hydrogens (primary N) is 2. The van der Waals surface area contributed by atoms with E-state index in [-0.39, 0.29) is 31.3 Å². The first kappa shape index (κ1) is 22.7. The van der Waals surface area contributed by atoms with Crippen molar-refractivity contribution in [1.82, 2.24) is 9.88 Å². The topological polar surface area (TPSA) is 105 Å². The number of hydrogen-bond donors (Lipinski definition) is 3. The maximum Gasteiger partial charge on any atom is 0.228 e. The Balaban J connectivity index is 0.00000300. The molecule has 3 rings (SSSR count). The van der Waals surface area contributed by atoms with Gasteiger partial charge >= 0.3 is 0 Å². The summed E-state index contributed by atoms with van der Waals surface area (Å²) in [4.78, 5) is 18.7. The van der Waals surface area contributed by atoms with Crippen LogP contribution in [-0.4, -0.2) is 34.0 Å². The number of carbonyl (C=O) groups excluding carboxylic acids is 1. The molecule has 0 radical (unpaired) electrons. The van der Waals surface area contributed by atoms with E-state index in [1.54, 1.807) is 10.3 Å². The van der Waals surface area contributed by atoms with Gasteiger partial charge in [-0.1, -0.05) is 42.5 Å². The number of anilines is 2. The summed E-state index contributed by atoms with van der Waals surface area (Å²) >= 11 is 1.32. The van der Waals surface area contributed by atoms with Crippen molar-refractivity contribution in [2.75, 3.05) is 24.6 Å². The minimum atomic E-state index is -0.753. The number of benzene rings is 2. The van der Waals surface area contributed by atoms with Crippen LogP contribution >= 0.6 is 23.7 Å². The molecular weight excluding hydrogens is 408 g/mol. The number of aliphatic hydroxyl groups excluding tert-OH is 1. The third-order valence-corrected chi connectivity index (χ3v) is 5.21. The third kappa shape index (κ3) is 6.74. The highest BCUT2D eigenvalue weighted by Crippen LogP contribution is 2.17. The molecule has 0 aliphatic rings. The largest absolute Gasteiger partial charge is 0.399 e. The zero-order valence-electron chi connectivity index (χ0n) is 15.9. The Morgan fingerprint density at radius 3 is 2.41 bits per heavy atom. The second kappa shape index (κ2) is 10.8. The number of halogens is 1. The van der Waals surface area contributed by atoms with Crippen LogP contribution in [-0.2, 0) is 17.6 Å². The molecule has 5 N–H and O–H groups in total. The molecule has 1 atom stereocenters. The molecule has 0 aliphatic heterocycles. The highest BCUT2D eigenvalue weighted by atomic mass is 35.5. The van der Waals surface area contributed by atoms with Gasteiger partial charge in [-0.15, -0.1) is 23.7 Å². The van der Waals surface area contributed by atoms with Gasteiger partial charge in [0, 0.05) is 17.6 Å². The van der Waals surface area contributed by atoms with E-state index in [1.807, 2.05) is 54.6 Å². The summed E-state index contributed by atoms with van der Waals surface area (Å²) < 4.78 is 0. The van der Waals surface area contributed by atoms with Gasteiger partial charge in [0.05, 0.1) is 24.8 Å². The van der Waals surface area contributed by atoms with Gasteiger partial charge in [0.15, 0.2) is 5.13 Å². The van der Waals surface area contributed by atoms with Crippen molar-refractivity contribution in [1.29, 1.82) is 0 Å². The summed E-state index contributed by atoms with van der Waals surface area (Å²) in [6.45, 7) is 0.712. The van der Waals surface area contributed by atoms with Crippen molar-refractivity contribution in [2.24, 2.45) is 0 Å². The normalized spacial score (nSPS) is 11.5. The van der Waals surface area contributed by atoms with E-state index in [0.717, 1.165) is 11.1 Å². The van der Waals surface area contributed by atoms with Gasteiger partial charge in [-0.25, -0.2) is 4.98 Å². The van der Waals surface area contributed by atoms with E-state index in [0.29, 0.717) is 29.5 Å². The molecule has 0 spiro atoms. The van der Waals surface area contributed by atoms with Gasteiger partial charge in [-0.05, 0) is 29.7 Å². The molecule has 0 fully saturated rings. The standard InChI is InChI=1S/C21H24N4O2S.ClH/c22-17-8-6-15(7-9-17)10-11-25(13-19(26)16-4-2-1-3-5-16)20(27)12-18-14-28-21(23)24-18;/h1-9,14,19,26H,10-13,22H2,(H2,23,24);1H/t19-;/m0./s1. The molecule has 1 amide bonds. The van der Waals surface area contributed by atoms with Crippen LogP contribution in [0.2, 0.25) is 0 Å². The summed E-state index contributed by atoms with van der Waals surface area (Å²) in [5, 5.41) is 12.8. The first-order chi connectivity index (χ1) is 13.5. The predicted octanol–water partition coefficient (Wildman–Crippen LogP) is 3.08. The lowest BCUT2D eigenvalue weighted by Gasteiger charge is -2.25. The monoisotopic (exact) mass is 432 g/mol. The van der Waals surface area contributed by atoms with Crippen molar-refractivity contribution in [2.45, 2.75) is 18.9 Å². The Morgan fingerprint density at radius 2 is 1.79 bits per heavy atom. The average Bonchev–Trinajstić information content (AvgIpc) is 3.11. The van der Waals surface area contributed by atoms with E-state index in [1.165, 1.54) is 11.3 Å². The molecule has 6 nitrogen and oxygen atoms in total.